The van der Waals surface area contributed by atoms with Crippen LogP contribution in [0.2, 0.25) is 5.02 Å². The number of amides is 1. The number of aliphatic hydroxyl groups is 1. The van der Waals surface area contributed by atoms with Gasteiger partial charge in [0.15, 0.2) is 5.76 Å². The first-order valence-electron chi connectivity index (χ1n) is 15.7. The number of carbonyl (C=O) groups is 1. The third-order valence-corrected chi connectivity index (χ3v) is 8.34. The van der Waals surface area contributed by atoms with Crippen LogP contribution >= 0.6 is 11.6 Å². The number of benzene rings is 2. The lowest BCUT2D eigenvalue weighted by atomic mass is 10.2. The van der Waals surface area contributed by atoms with Crippen LogP contribution in [0.5, 0.6) is 0 Å². The van der Waals surface area contributed by atoms with Crippen molar-refractivity contribution < 1.29 is 32.2 Å². The van der Waals surface area contributed by atoms with Gasteiger partial charge in [0.25, 0.3) is 5.56 Å². The van der Waals surface area contributed by atoms with E-state index in [4.69, 9.17) is 20.8 Å². The number of nitrogens with one attached hydrogen (secondary N) is 1. The summed E-state index contributed by atoms with van der Waals surface area (Å²) < 4.78 is 53.9. The lowest BCUT2D eigenvalue weighted by Gasteiger charge is -2.37. The number of hydrogen-bond donors (Lipinski definition) is 2. The van der Waals surface area contributed by atoms with Gasteiger partial charge < -0.3 is 33.9 Å². The Morgan fingerprint density at radius 1 is 1.10 bits per heavy atom. The highest BCUT2D eigenvalue weighted by molar-refractivity contribution is 6.33. The van der Waals surface area contributed by atoms with Crippen LogP contribution in [-0.4, -0.2) is 73.3 Å². The van der Waals surface area contributed by atoms with Gasteiger partial charge in [0.1, 0.15) is 23.1 Å². The van der Waals surface area contributed by atoms with Crippen molar-refractivity contribution in [2.24, 2.45) is 0 Å². The monoisotopic (exact) mass is 701 g/mol. The molecule has 1 unspecified atom stereocenters. The van der Waals surface area contributed by atoms with Crippen LogP contribution in [0.4, 0.5) is 29.3 Å². The summed E-state index contributed by atoms with van der Waals surface area (Å²) in [5.41, 5.74) is -0.488. The van der Waals surface area contributed by atoms with Crippen LogP contribution in [0.15, 0.2) is 57.7 Å². The average molecular weight is 702 g/mol. The predicted octanol–water partition coefficient (Wildman–Crippen LogP) is 6.03. The van der Waals surface area contributed by atoms with Crippen molar-refractivity contribution in [2.75, 3.05) is 36.4 Å². The van der Waals surface area contributed by atoms with E-state index in [1.807, 2.05) is 30.0 Å². The second kappa shape index (κ2) is 12.9. The molecule has 1 atom stereocenters. The maximum atomic E-state index is 14.2. The first kappa shape index (κ1) is 34.1. The van der Waals surface area contributed by atoms with Gasteiger partial charge in [0.05, 0.1) is 22.8 Å². The Kier molecular flexibility index (Phi) is 9.00. The molecule has 1 aliphatic rings. The van der Waals surface area contributed by atoms with Crippen LogP contribution in [0, 0.1) is 0 Å². The van der Waals surface area contributed by atoms with E-state index in [1.54, 1.807) is 42.4 Å². The summed E-state index contributed by atoms with van der Waals surface area (Å²) in [5.74, 6) is 0.591. The SMILES string of the molecule is CCc1c(N2CCN(C(=O)OC(C)(C)C)CC2)c(=O)n2nc(-c3cc4ccccc4o3)nc2n1CC(O)Nc1ccc(C(F)(F)F)cc1Cl. The Balaban J connectivity index is 1.39. The normalized spacial score (nSPS) is 14.9. The summed E-state index contributed by atoms with van der Waals surface area (Å²) in [6.07, 6.45) is -6.07. The lowest BCUT2D eigenvalue weighted by molar-refractivity contribution is -0.137. The van der Waals surface area contributed by atoms with E-state index in [2.05, 4.69) is 15.4 Å². The van der Waals surface area contributed by atoms with Gasteiger partial charge in [-0.05, 0) is 57.5 Å². The molecule has 260 valence electrons. The summed E-state index contributed by atoms with van der Waals surface area (Å²) in [6, 6.07) is 11.9. The Morgan fingerprint density at radius 3 is 2.45 bits per heavy atom. The molecule has 0 bridgehead atoms. The highest BCUT2D eigenvalue weighted by Crippen LogP contribution is 2.34. The van der Waals surface area contributed by atoms with Gasteiger partial charge in [-0.1, -0.05) is 36.7 Å². The number of ether oxygens (including phenoxy) is 1. The molecule has 0 spiro atoms. The third kappa shape index (κ3) is 7.04. The van der Waals surface area contributed by atoms with Crippen LogP contribution in [0.25, 0.3) is 28.3 Å². The summed E-state index contributed by atoms with van der Waals surface area (Å²) >= 11 is 6.16. The van der Waals surface area contributed by atoms with Gasteiger partial charge in [-0.15, -0.1) is 5.10 Å². The summed E-state index contributed by atoms with van der Waals surface area (Å²) in [5, 5.41) is 19.1. The van der Waals surface area contributed by atoms with E-state index in [0.29, 0.717) is 55.3 Å². The van der Waals surface area contributed by atoms with E-state index in [1.165, 1.54) is 0 Å². The second-order valence-electron chi connectivity index (χ2n) is 12.7. The van der Waals surface area contributed by atoms with Crippen molar-refractivity contribution in [3.05, 3.63) is 75.2 Å². The molecule has 4 heterocycles. The maximum Gasteiger partial charge on any atom is 0.416 e. The van der Waals surface area contributed by atoms with Crippen LogP contribution < -0.4 is 15.8 Å². The number of piperazine rings is 1. The second-order valence-corrected chi connectivity index (χ2v) is 13.1. The van der Waals surface area contributed by atoms with Crippen molar-refractivity contribution in [1.82, 2.24) is 24.1 Å². The zero-order valence-electron chi connectivity index (χ0n) is 27.2. The molecule has 0 radical (unpaired) electrons. The van der Waals surface area contributed by atoms with E-state index in [0.717, 1.165) is 28.1 Å². The zero-order valence-corrected chi connectivity index (χ0v) is 28.0. The number of halogens is 4. The highest BCUT2D eigenvalue weighted by Gasteiger charge is 2.32. The van der Waals surface area contributed by atoms with Crippen LogP contribution in [0.3, 0.4) is 0 Å². The van der Waals surface area contributed by atoms with E-state index in [-0.39, 0.29) is 28.9 Å². The standard InChI is InChI=1S/C33H35ClF3N7O5/c1-5-23-27(41-12-14-42(15-13-41)31(47)49-32(2,3)4)29(46)44-30(39-28(40-44)25-16-19-8-6-7-9-24(19)48-25)43(23)18-26(45)38-22-11-10-20(17-21(22)34)33(35,36)37/h6-11,16-17,26,38,45H,5,12-15,18H2,1-4H3. The molecule has 3 aromatic heterocycles. The molecule has 0 saturated carbocycles. The lowest BCUT2D eigenvalue weighted by Crippen LogP contribution is -2.51. The molecule has 1 amide bonds. The van der Waals surface area contributed by atoms with Gasteiger partial charge in [-0.2, -0.15) is 22.7 Å². The molecule has 1 aliphatic heterocycles. The number of rotatable bonds is 7. The largest absolute Gasteiger partial charge is 0.453 e. The molecule has 12 nitrogen and oxygen atoms in total. The average Bonchev–Trinajstić information content (AvgIpc) is 3.67. The van der Waals surface area contributed by atoms with Crippen molar-refractivity contribution in [1.29, 1.82) is 0 Å². The zero-order chi connectivity index (χ0) is 35.2. The number of carbonyl (C=O) groups excluding carboxylic acids is 1. The van der Waals surface area contributed by atoms with Crippen molar-refractivity contribution in [3.63, 3.8) is 0 Å². The fourth-order valence-corrected chi connectivity index (χ4v) is 6.03. The number of para-hydroxylation sites is 1. The molecule has 0 aliphatic carbocycles. The molecule has 5 aromatic rings. The molecule has 1 fully saturated rings. The number of hydrogen-bond acceptors (Lipinski definition) is 9. The number of furan rings is 1. The fraction of sp³-hybridized carbons (Fsp3) is 0.394. The summed E-state index contributed by atoms with van der Waals surface area (Å²) in [4.78, 5) is 35.0. The maximum absolute atomic E-state index is 14.2. The van der Waals surface area contributed by atoms with Gasteiger partial charge in [0, 0.05) is 37.3 Å². The Bertz CT molecular complexity index is 2040. The molecule has 2 aromatic carbocycles. The Hall–Kier alpha value is -4.76. The number of nitrogens with zero attached hydrogens (tertiary/aromatic N) is 6. The minimum absolute atomic E-state index is 0.0835. The number of aliphatic hydroxyl groups excluding tert-OH is 1. The van der Waals surface area contributed by atoms with Gasteiger partial charge in [-0.3, -0.25) is 4.79 Å². The summed E-state index contributed by atoms with van der Waals surface area (Å²) in [7, 11) is 0. The Labute approximate surface area is 283 Å². The molecule has 1 saturated heterocycles. The fourth-order valence-electron chi connectivity index (χ4n) is 5.80. The van der Waals surface area contributed by atoms with Gasteiger partial charge in [0.2, 0.25) is 11.6 Å². The number of alkyl halides is 3. The van der Waals surface area contributed by atoms with Crippen LogP contribution in [-0.2, 0) is 23.9 Å². The van der Waals surface area contributed by atoms with Crippen molar-refractivity contribution >= 4 is 45.8 Å². The van der Waals surface area contributed by atoms with E-state index in [9.17, 15) is 27.9 Å². The van der Waals surface area contributed by atoms with Gasteiger partial charge in [-0.25, -0.2) is 4.79 Å². The molecule has 6 rings (SSSR count). The quantitative estimate of drug-likeness (QED) is 0.196. The number of aromatic nitrogens is 4. The molecular weight excluding hydrogens is 667 g/mol. The molecular formula is C33H35ClF3N7O5. The minimum atomic E-state index is -4.58. The van der Waals surface area contributed by atoms with E-state index >= 15 is 0 Å². The minimum Gasteiger partial charge on any atom is -0.453 e. The number of fused-ring (bicyclic) bond motifs is 2. The summed E-state index contributed by atoms with van der Waals surface area (Å²) in [6.45, 7) is 8.27. The molecule has 2 N–H and O–H groups in total. The highest BCUT2D eigenvalue weighted by atomic mass is 35.5. The van der Waals surface area contributed by atoms with E-state index < -0.39 is 35.2 Å². The van der Waals surface area contributed by atoms with Crippen molar-refractivity contribution in [2.45, 2.75) is 58.7 Å². The first-order valence-corrected chi connectivity index (χ1v) is 16.1. The molecule has 16 heteroatoms. The molecule has 49 heavy (non-hydrogen) atoms. The topological polar surface area (TPSA) is 130 Å². The first-order chi connectivity index (χ1) is 23.1. The van der Waals surface area contributed by atoms with Gasteiger partial charge >= 0.3 is 12.3 Å². The smallest absolute Gasteiger partial charge is 0.416 e. The van der Waals surface area contributed by atoms with Crippen LogP contribution in [0.1, 0.15) is 39.0 Å². The van der Waals surface area contributed by atoms with Crippen molar-refractivity contribution in [3.8, 4) is 11.6 Å². The third-order valence-electron chi connectivity index (χ3n) is 8.03. The predicted molar refractivity (Wildman–Crippen MR) is 178 cm³/mol. The Morgan fingerprint density at radius 2 is 1.82 bits per heavy atom. The number of anilines is 2.